The van der Waals surface area contributed by atoms with Gasteiger partial charge in [0, 0.05) is 12.2 Å². The van der Waals surface area contributed by atoms with Gasteiger partial charge in [0.2, 0.25) is 0 Å². The Labute approximate surface area is 91.7 Å². The second kappa shape index (κ2) is 3.63. The van der Waals surface area contributed by atoms with E-state index in [2.05, 4.69) is 16.5 Å². The van der Waals surface area contributed by atoms with Crippen molar-refractivity contribution in [3.05, 3.63) is 18.2 Å². The number of nitrogens with zero attached hydrogens (tertiary/aromatic N) is 2. The molecule has 2 N–H and O–H groups in total. The minimum absolute atomic E-state index is 0.293. The van der Waals surface area contributed by atoms with Crippen molar-refractivity contribution in [2.24, 2.45) is 11.7 Å². The average molecular weight is 207 g/mol. The van der Waals surface area contributed by atoms with Crippen LogP contribution in [-0.4, -0.2) is 9.55 Å². The molecule has 3 nitrogen and oxygen atoms in total. The molecular weight excluding hydrogens is 186 g/mol. The molecule has 0 aliphatic heterocycles. The van der Waals surface area contributed by atoms with Gasteiger partial charge in [-0.15, -0.1) is 0 Å². The molecule has 2 atom stereocenters. The maximum atomic E-state index is 6.15. The summed E-state index contributed by atoms with van der Waals surface area (Å²) in [6.45, 7) is 6.41. The van der Waals surface area contributed by atoms with Gasteiger partial charge in [-0.3, -0.25) is 0 Å². The van der Waals surface area contributed by atoms with Crippen LogP contribution in [0.2, 0.25) is 0 Å². The lowest BCUT2D eigenvalue weighted by molar-refractivity contribution is 0.371. The molecule has 3 heteroatoms. The standard InChI is InChI=1S/C12H21N3/c1-9-5-4-6-10(9)15-8-14-7-11(15)12(2,3)13/h7-10H,4-6,13H2,1-3H3. The molecule has 0 aromatic carbocycles. The molecule has 0 amide bonds. The van der Waals surface area contributed by atoms with Gasteiger partial charge in [-0.2, -0.15) is 0 Å². The van der Waals surface area contributed by atoms with Gasteiger partial charge < -0.3 is 10.3 Å². The van der Waals surface area contributed by atoms with Crippen LogP contribution in [-0.2, 0) is 5.54 Å². The molecule has 1 aromatic rings. The van der Waals surface area contributed by atoms with E-state index in [9.17, 15) is 0 Å². The topological polar surface area (TPSA) is 43.8 Å². The van der Waals surface area contributed by atoms with Crippen molar-refractivity contribution in [2.75, 3.05) is 0 Å². The number of imidazole rings is 1. The zero-order chi connectivity index (χ0) is 11.1. The number of nitrogens with two attached hydrogens (primary N) is 1. The van der Waals surface area contributed by atoms with Gasteiger partial charge in [-0.25, -0.2) is 4.98 Å². The van der Waals surface area contributed by atoms with E-state index < -0.39 is 0 Å². The van der Waals surface area contributed by atoms with Crippen LogP contribution in [0, 0.1) is 5.92 Å². The van der Waals surface area contributed by atoms with Crippen molar-refractivity contribution in [3.63, 3.8) is 0 Å². The molecule has 0 bridgehead atoms. The molecule has 1 fully saturated rings. The van der Waals surface area contributed by atoms with Crippen LogP contribution in [0.5, 0.6) is 0 Å². The van der Waals surface area contributed by atoms with E-state index in [0.717, 1.165) is 11.6 Å². The maximum absolute atomic E-state index is 6.15. The summed E-state index contributed by atoms with van der Waals surface area (Å²) in [5.41, 5.74) is 7.02. The summed E-state index contributed by atoms with van der Waals surface area (Å²) in [6.07, 6.45) is 7.77. The van der Waals surface area contributed by atoms with Crippen LogP contribution < -0.4 is 5.73 Å². The number of hydrogen-bond acceptors (Lipinski definition) is 2. The second-order valence-corrected chi connectivity index (χ2v) is 5.38. The monoisotopic (exact) mass is 207 g/mol. The molecule has 1 saturated carbocycles. The maximum Gasteiger partial charge on any atom is 0.0951 e. The highest BCUT2D eigenvalue weighted by molar-refractivity contribution is 5.11. The fraction of sp³-hybridized carbons (Fsp3) is 0.750. The Kier molecular flexibility index (Phi) is 2.59. The van der Waals surface area contributed by atoms with Crippen molar-refractivity contribution < 1.29 is 0 Å². The van der Waals surface area contributed by atoms with Crippen LogP contribution in [0.3, 0.4) is 0 Å². The molecule has 0 spiro atoms. The van der Waals surface area contributed by atoms with Crippen molar-refractivity contribution in [1.82, 2.24) is 9.55 Å². The third-order valence-corrected chi connectivity index (χ3v) is 3.50. The fourth-order valence-electron chi connectivity index (χ4n) is 2.61. The SMILES string of the molecule is CC1CCCC1n1cncc1C(C)(C)N. The Morgan fingerprint density at radius 2 is 2.20 bits per heavy atom. The molecule has 15 heavy (non-hydrogen) atoms. The third-order valence-electron chi connectivity index (χ3n) is 3.50. The first-order valence-corrected chi connectivity index (χ1v) is 5.81. The van der Waals surface area contributed by atoms with Gasteiger partial charge in [0.1, 0.15) is 0 Å². The van der Waals surface area contributed by atoms with Crippen molar-refractivity contribution >= 4 is 0 Å². The second-order valence-electron chi connectivity index (χ2n) is 5.38. The Bertz CT molecular complexity index is 335. The van der Waals surface area contributed by atoms with Gasteiger partial charge in [0.25, 0.3) is 0 Å². The first kappa shape index (κ1) is 10.7. The molecule has 1 aliphatic carbocycles. The van der Waals surface area contributed by atoms with Crippen LogP contribution in [0.25, 0.3) is 0 Å². The molecule has 1 aliphatic rings. The first-order valence-electron chi connectivity index (χ1n) is 5.81. The zero-order valence-corrected chi connectivity index (χ0v) is 9.90. The molecule has 84 valence electrons. The highest BCUT2D eigenvalue weighted by Crippen LogP contribution is 2.37. The quantitative estimate of drug-likeness (QED) is 0.809. The molecule has 0 saturated heterocycles. The van der Waals surface area contributed by atoms with Gasteiger partial charge in [-0.05, 0) is 32.6 Å². The summed E-state index contributed by atoms with van der Waals surface area (Å²) in [6, 6.07) is 0.602. The Balaban J connectivity index is 2.32. The minimum atomic E-state index is -0.293. The van der Waals surface area contributed by atoms with E-state index in [1.54, 1.807) is 0 Å². The third kappa shape index (κ3) is 1.93. The smallest absolute Gasteiger partial charge is 0.0951 e. The average Bonchev–Trinajstić information content (AvgIpc) is 2.69. The van der Waals surface area contributed by atoms with Gasteiger partial charge in [0.05, 0.1) is 17.6 Å². The first-order chi connectivity index (χ1) is 7.00. The summed E-state index contributed by atoms with van der Waals surface area (Å²) in [7, 11) is 0. The summed E-state index contributed by atoms with van der Waals surface area (Å²) in [4.78, 5) is 4.25. The fourth-order valence-corrected chi connectivity index (χ4v) is 2.61. The molecule has 1 aromatic heterocycles. The Morgan fingerprint density at radius 1 is 1.47 bits per heavy atom. The van der Waals surface area contributed by atoms with Crippen LogP contribution in [0.15, 0.2) is 12.5 Å². The predicted molar refractivity (Wildman–Crippen MR) is 61.5 cm³/mol. The van der Waals surface area contributed by atoms with Gasteiger partial charge >= 0.3 is 0 Å². The summed E-state index contributed by atoms with van der Waals surface area (Å²) in [5, 5.41) is 0. The molecular formula is C12H21N3. The molecule has 0 radical (unpaired) electrons. The van der Waals surface area contributed by atoms with E-state index >= 15 is 0 Å². The lowest BCUT2D eigenvalue weighted by Crippen LogP contribution is -2.32. The summed E-state index contributed by atoms with van der Waals surface area (Å²) >= 11 is 0. The van der Waals surface area contributed by atoms with E-state index in [1.807, 2.05) is 26.4 Å². The van der Waals surface area contributed by atoms with Crippen molar-refractivity contribution in [2.45, 2.75) is 51.6 Å². The Hall–Kier alpha value is -0.830. The highest BCUT2D eigenvalue weighted by Gasteiger charge is 2.29. The normalized spacial score (nSPS) is 27.2. The number of aromatic nitrogens is 2. The number of hydrogen-bond donors (Lipinski definition) is 1. The zero-order valence-electron chi connectivity index (χ0n) is 9.90. The molecule has 2 rings (SSSR count). The lowest BCUT2D eigenvalue weighted by Gasteiger charge is -2.26. The minimum Gasteiger partial charge on any atom is -0.330 e. The van der Waals surface area contributed by atoms with Crippen molar-refractivity contribution in [1.29, 1.82) is 0 Å². The summed E-state index contributed by atoms with van der Waals surface area (Å²) < 4.78 is 2.29. The largest absolute Gasteiger partial charge is 0.330 e. The summed E-state index contributed by atoms with van der Waals surface area (Å²) in [5.74, 6) is 0.750. The number of rotatable bonds is 2. The van der Waals surface area contributed by atoms with E-state index in [0.29, 0.717) is 6.04 Å². The highest BCUT2D eigenvalue weighted by atomic mass is 15.1. The Morgan fingerprint density at radius 3 is 2.73 bits per heavy atom. The van der Waals surface area contributed by atoms with Crippen LogP contribution in [0.1, 0.15) is 51.8 Å². The van der Waals surface area contributed by atoms with E-state index in [-0.39, 0.29) is 5.54 Å². The van der Waals surface area contributed by atoms with E-state index in [1.165, 1.54) is 19.3 Å². The molecule has 1 heterocycles. The van der Waals surface area contributed by atoms with Gasteiger partial charge in [0.15, 0.2) is 0 Å². The predicted octanol–water partition coefficient (Wildman–Crippen LogP) is 2.44. The van der Waals surface area contributed by atoms with Crippen LogP contribution in [0.4, 0.5) is 0 Å². The lowest BCUT2D eigenvalue weighted by atomic mass is 10.0. The van der Waals surface area contributed by atoms with Crippen LogP contribution >= 0.6 is 0 Å². The van der Waals surface area contributed by atoms with E-state index in [4.69, 9.17) is 5.73 Å². The van der Waals surface area contributed by atoms with Crippen molar-refractivity contribution in [3.8, 4) is 0 Å². The molecule has 2 unspecified atom stereocenters. The van der Waals surface area contributed by atoms with Gasteiger partial charge in [-0.1, -0.05) is 13.3 Å².